The summed E-state index contributed by atoms with van der Waals surface area (Å²) in [5, 5.41) is 14.4. The number of hydrogen-bond donors (Lipinski definition) is 5. The van der Waals surface area contributed by atoms with Crippen molar-refractivity contribution in [3.05, 3.63) is 35.9 Å². The van der Waals surface area contributed by atoms with Gasteiger partial charge in [-0.1, -0.05) is 30.3 Å². The predicted octanol–water partition coefficient (Wildman–Crippen LogP) is -0.833. The fraction of sp³-hybridized carbons (Fsp3) is 0.368. The van der Waals surface area contributed by atoms with Gasteiger partial charge >= 0.3 is 0 Å². The molecule has 156 valence electrons. The summed E-state index contributed by atoms with van der Waals surface area (Å²) in [6.07, 6.45) is 0.00884. The average Bonchev–Trinajstić information content (AvgIpc) is 2.68. The topological polar surface area (TPSA) is 171 Å². The van der Waals surface area contributed by atoms with E-state index in [2.05, 4.69) is 16.0 Å². The van der Waals surface area contributed by atoms with Crippen LogP contribution in [0.15, 0.2) is 30.3 Å². The summed E-state index contributed by atoms with van der Waals surface area (Å²) in [5.74, 6) is -3.17. The van der Waals surface area contributed by atoms with Crippen LogP contribution in [0.4, 0.5) is 0 Å². The van der Waals surface area contributed by atoms with E-state index in [1.165, 1.54) is 6.92 Å². The fourth-order valence-corrected chi connectivity index (χ4v) is 2.46. The van der Waals surface area contributed by atoms with E-state index < -0.39 is 47.9 Å². The van der Waals surface area contributed by atoms with Crippen LogP contribution in [0.25, 0.3) is 0 Å². The van der Waals surface area contributed by atoms with E-state index in [0.29, 0.717) is 6.21 Å². The lowest BCUT2D eigenvalue weighted by Gasteiger charge is -2.22. The molecule has 0 aromatic heterocycles. The molecule has 0 bridgehead atoms. The molecule has 6 N–H and O–H groups in total. The summed E-state index contributed by atoms with van der Waals surface area (Å²) in [7, 11) is 0. The minimum Gasteiger partial charge on any atom is -0.370 e. The molecule has 1 aromatic rings. The van der Waals surface area contributed by atoms with E-state index in [4.69, 9.17) is 11.1 Å². The van der Waals surface area contributed by atoms with Gasteiger partial charge < -0.3 is 27.1 Å². The number of rotatable bonds is 12. The number of carbonyl (C=O) groups is 5. The number of Topliss-reactive ketones (excluding diaryl/α,β-unsaturated/α-hetero) is 1. The Balaban J connectivity index is 2.85. The Morgan fingerprint density at radius 1 is 1.03 bits per heavy atom. The number of nitrogens with one attached hydrogen (secondary N) is 4. The maximum atomic E-state index is 12.5. The van der Waals surface area contributed by atoms with E-state index in [-0.39, 0.29) is 19.4 Å². The molecule has 0 unspecified atom stereocenters. The van der Waals surface area contributed by atoms with Gasteiger partial charge in [0.05, 0.1) is 12.6 Å². The SMILES string of the molecule is CC(=O)N[C@@H](CC(N)=O)C(=O)N[C@@H](CCC(=O)C=N)C(=O)NCc1ccccc1. The van der Waals surface area contributed by atoms with Crippen molar-refractivity contribution in [1.82, 2.24) is 16.0 Å². The molecular formula is C19H25N5O5. The van der Waals surface area contributed by atoms with Gasteiger partial charge in [-0.05, 0) is 12.0 Å². The van der Waals surface area contributed by atoms with Crippen molar-refractivity contribution in [1.29, 1.82) is 5.41 Å². The number of hydrogen-bond acceptors (Lipinski definition) is 6. The maximum Gasteiger partial charge on any atom is 0.243 e. The zero-order valence-electron chi connectivity index (χ0n) is 16.1. The van der Waals surface area contributed by atoms with Gasteiger partial charge in [-0.3, -0.25) is 24.0 Å². The van der Waals surface area contributed by atoms with Crippen LogP contribution in [0, 0.1) is 5.41 Å². The molecule has 0 aliphatic heterocycles. The third kappa shape index (κ3) is 9.27. The number of benzene rings is 1. The Morgan fingerprint density at radius 3 is 2.24 bits per heavy atom. The van der Waals surface area contributed by atoms with Crippen molar-refractivity contribution in [2.75, 3.05) is 0 Å². The molecular weight excluding hydrogens is 378 g/mol. The van der Waals surface area contributed by atoms with Gasteiger partial charge in [-0.25, -0.2) is 0 Å². The van der Waals surface area contributed by atoms with Crippen LogP contribution < -0.4 is 21.7 Å². The quantitative estimate of drug-likeness (QED) is 0.286. The standard InChI is InChI=1S/C19H25N5O5/c1-12(25)23-16(9-17(21)27)19(29)24-15(8-7-14(26)10-20)18(28)22-11-13-5-3-2-4-6-13/h2-6,10,15-16,20H,7-9,11H2,1H3,(H2,21,27)(H,22,28)(H,23,25)(H,24,29)/t15-,16-/m0/s1. The Labute approximate surface area is 168 Å². The first-order valence-electron chi connectivity index (χ1n) is 8.93. The number of amides is 4. The molecule has 0 fully saturated rings. The van der Waals surface area contributed by atoms with Crippen LogP contribution in [0.2, 0.25) is 0 Å². The second-order valence-electron chi connectivity index (χ2n) is 6.34. The maximum absolute atomic E-state index is 12.5. The first kappa shape index (κ1) is 23.5. The number of primary amides is 1. The van der Waals surface area contributed by atoms with Gasteiger partial charge in [0.2, 0.25) is 23.6 Å². The summed E-state index contributed by atoms with van der Waals surface area (Å²) in [5.41, 5.74) is 5.95. The van der Waals surface area contributed by atoms with Crippen molar-refractivity contribution < 1.29 is 24.0 Å². The van der Waals surface area contributed by atoms with Crippen molar-refractivity contribution in [3.63, 3.8) is 0 Å². The summed E-state index contributed by atoms with van der Waals surface area (Å²) >= 11 is 0. The van der Waals surface area contributed by atoms with Crippen molar-refractivity contribution in [2.24, 2.45) is 5.73 Å². The highest BCUT2D eigenvalue weighted by atomic mass is 16.2. The summed E-state index contributed by atoms with van der Waals surface area (Å²) < 4.78 is 0. The Kier molecular flexibility index (Phi) is 9.72. The second-order valence-corrected chi connectivity index (χ2v) is 6.34. The molecule has 0 aliphatic carbocycles. The second kappa shape index (κ2) is 12.0. The first-order valence-corrected chi connectivity index (χ1v) is 8.93. The van der Waals surface area contributed by atoms with E-state index >= 15 is 0 Å². The Bertz CT molecular complexity index is 750. The van der Waals surface area contributed by atoms with Crippen LogP contribution in [-0.2, 0) is 30.5 Å². The largest absolute Gasteiger partial charge is 0.370 e. The number of nitrogens with two attached hydrogens (primary N) is 1. The van der Waals surface area contributed by atoms with E-state index in [0.717, 1.165) is 5.56 Å². The van der Waals surface area contributed by atoms with Gasteiger partial charge in [-0.2, -0.15) is 0 Å². The van der Waals surface area contributed by atoms with Gasteiger partial charge in [0.1, 0.15) is 12.1 Å². The van der Waals surface area contributed by atoms with Gasteiger partial charge in [0.15, 0.2) is 5.78 Å². The lowest BCUT2D eigenvalue weighted by molar-refractivity contribution is -0.133. The first-order chi connectivity index (χ1) is 13.7. The van der Waals surface area contributed by atoms with Gasteiger partial charge in [0, 0.05) is 19.9 Å². The van der Waals surface area contributed by atoms with Crippen LogP contribution in [0.1, 0.15) is 31.7 Å². The summed E-state index contributed by atoms with van der Waals surface area (Å²) in [4.78, 5) is 58.9. The van der Waals surface area contributed by atoms with Crippen LogP contribution in [0.5, 0.6) is 0 Å². The van der Waals surface area contributed by atoms with Crippen LogP contribution in [-0.4, -0.2) is 47.7 Å². The third-order valence-electron chi connectivity index (χ3n) is 3.88. The minimum absolute atomic E-state index is 0.0516. The van der Waals surface area contributed by atoms with E-state index in [1.807, 2.05) is 30.3 Å². The monoisotopic (exact) mass is 403 g/mol. The van der Waals surface area contributed by atoms with Gasteiger partial charge in [0.25, 0.3) is 0 Å². The molecule has 0 radical (unpaired) electrons. The smallest absolute Gasteiger partial charge is 0.243 e. The van der Waals surface area contributed by atoms with Crippen LogP contribution in [0.3, 0.4) is 0 Å². The third-order valence-corrected chi connectivity index (χ3v) is 3.88. The zero-order chi connectivity index (χ0) is 21.8. The predicted molar refractivity (Wildman–Crippen MR) is 105 cm³/mol. The highest BCUT2D eigenvalue weighted by Crippen LogP contribution is 2.03. The lowest BCUT2D eigenvalue weighted by atomic mass is 10.1. The molecule has 0 spiro atoms. The highest BCUT2D eigenvalue weighted by Gasteiger charge is 2.27. The van der Waals surface area contributed by atoms with E-state index in [1.54, 1.807) is 0 Å². The molecule has 4 amide bonds. The lowest BCUT2D eigenvalue weighted by Crippen LogP contribution is -2.54. The molecule has 1 rings (SSSR count). The average molecular weight is 403 g/mol. The number of ketones is 1. The minimum atomic E-state index is -1.24. The highest BCUT2D eigenvalue weighted by molar-refractivity contribution is 6.26. The Hall–Kier alpha value is -3.56. The van der Waals surface area contributed by atoms with Crippen molar-refractivity contribution in [3.8, 4) is 0 Å². The summed E-state index contributed by atoms with van der Waals surface area (Å²) in [6, 6.07) is 6.74. The summed E-state index contributed by atoms with van der Waals surface area (Å²) in [6.45, 7) is 1.38. The molecule has 0 saturated carbocycles. The molecule has 1 aromatic carbocycles. The number of carbonyl (C=O) groups excluding carboxylic acids is 5. The molecule has 0 aliphatic rings. The molecule has 10 nitrogen and oxygen atoms in total. The molecule has 10 heteroatoms. The van der Waals surface area contributed by atoms with E-state index in [9.17, 15) is 24.0 Å². The van der Waals surface area contributed by atoms with Gasteiger partial charge in [-0.15, -0.1) is 0 Å². The fourth-order valence-electron chi connectivity index (χ4n) is 2.46. The Morgan fingerprint density at radius 2 is 1.69 bits per heavy atom. The molecule has 29 heavy (non-hydrogen) atoms. The molecule has 0 saturated heterocycles. The normalized spacial score (nSPS) is 12.2. The van der Waals surface area contributed by atoms with Crippen molar-refractivity contribution >= 4 is 35.6 Å². The van der Waals surface area contributed by atoms with Crippen molar-refractivity contribution in [2.45, 2.75) is 44.8 Å². The zero-order valence-corrected chi connectivity index (χ0v) is 16.1. The van der Waals surface area contributed by atoms with Crippen LogP contribution >= 0.6 is 0 Å². The molecule has 2 atom stereocenters. The molecule has 0 heterocycles.